The number of hydrogen-bond donors (Lipinski definition) is 2. The van der Waals surface area contributed by atoms with Crippen LogP contribution in [0.3, 0.4) is 0 Å². The van der Waals surface area contributed by atoms with Gasteiger partial charge in [-0.15, -0.1) is 0 Å². The molecular formula is C24H29FN2O3. The zero-order chi connectivity index (χ0) is 20.8. The van der Waals surface area contributed by atoms with Crippen molar-refractivity contribution < 1.29 is 19.0 Å². The Morgan fingerprint density at radius 1 is 1.10 bits per heavy atom. The molecule has 1 aromatic heterocycles. The number of aliphatic carboxylic acids is 1. The van der Waals surface area contributed by atoms with E-state index in [2.05, 4.69) is 4.98 Å². The fraction of sp³-hybridized carbons (Fsp3) is 0.583. The van der Waals surface area contributed by atoms with Crippen molar-refractivity contribution in [2.45, 2.75) is 68.8 Å². The molecule has 1 aromatic carbocycles. The number of carbonyl (C=O) groups is 1. The van der Waals surface area contributed by atoms with E-state index in [1.165, 1.54) is 37.8 Å². The average molecular weight is 413 g/mol. The number of carboxylic acid groups (broad SMARTS) is 1. The largest absolute Gasteiger partial charge is 0.481 e. The lowest BCUT2D eigenvalue weighted by Crippen LogP contribution is -2.46. The zero-order valence-corrected chi connectivity index (χ0v) is 17.2. The summed E-state index contributed by atoms with van der Waals surface area (Å²) in [4.78, 5) is 20.6. The first-order valence-electron chi connectivity index (χ1n) is 11.2. The van der Waals surface area contributed by atoms with Crippen molar-refractivity contribution in [3.8, 4) is 0 Å². The van der Waals surface area contributed by atoms with Crippen LogP contribution in [0.5, 0.6) is 0 Å². The van der Waals surface area contributed by atoms with Gasteiger partial charge in [-0.05, 0) is 87.3 Å². The van der Waals surface area contributed by atoms with Crippen molar-refractivity contribution >= 4 is 5.97 Å². The molecule has 0 bridgehead atoms. The van der Waals surface area contributed by atoms with Gasteiger partial charge < -0.3 is 14.8 Å². The summed E-state index contributed by atoms with van der Waals surface area (Å²) in [6.45, 7) is 0.704. The van der Waals surface area contributed by atoms with Gasteiger partial charge in [0.05, 0.1) is 12.0 Å². The summed E-state index contributed by atoms with van der Waals surface area (Å²) < 4.78 is 19.9. The lowest BCUT2D eigenvalue weighted by molar-refractivity contribution is -0.151. The van der Waals surface area contributed by atoms with Crippen molar-refractivity contribution in [1.82, 2.24) is 9.97 Å². The predicted molar refractivity (Wildman–Crippen MR) is 110 cm³/mol. The van der Waals surface area contributed by atoms with Crippen LogP contribution in [0.25, 0.3) is 0 Å². The first kappa shape index (κ1) is 19.7. The van der Waals surface area contributed by atoms with Gasteiger partial charge in [0.2, 0.25) is 0 Å². The van der Waals surface area contributed by atoms with E-state index in [1.807, 2.05) is 6.20 Å². The standard InChI is InChI=1S/C24H29FN2O3/c25-19-7-5-18(6-8-19)23(22(28)29)9-11-24(12-10-23,30-15-17-3-4-17)21-26-14-20(27-21)13-16-1-2-16/h5-8,14,16-17H,1-4,9-13,15H2,(H,26,27)(H,28,29). The Morgan fingerprint density at radius 3 is 2.37 bits per heavy atom. The number of nitrogens with one attached hydrogen (secondary N) is 1. The molecule has 0 unspecified atom stereocenters. The maximum absolute atomic E-state index is 13.4. The van der Waals surface area contributed by atoms with Gasteiger partial charge in [-0.1, -0.05) is 12.1 Å². The smallest absolute Gasteiger partial charge is 0.314 e. The summed E-state index contributed by atoms with van der Waals surface area (Å²) in [7, 11) is 0. The molecule has 0 saturated heterocycles. The third kappa shape index (κ3) is 3.78. The highest BCUT2D eigenvalue weighted by atomic mass is 19.1. The molecule has 30 heavy (non-hydrogen) atoms. The summed E-state index contributed by atoms with van der Waals surface area (Å²) in [5.74, 6) is 1.03. The van der Waals surface area contributed by atoms with Crippen molar-refractivity contribution in [2.24, 2.45) is 11.8 Å². The van der Waals surface area contributed by atoms with E-state index in [1.54, 1.807) is 12.1 Å². The maximum atomic E-state index is 13.4. The van der Waals surface area contributed by atoms with Gasteiger partial charge in [0.25, 0.3) is 0 Å². The van der Waals surface area contributed by atoms with Crippen LogP contribution in [0.4, 0.5) is 4.39 Å². The Labute approximate surface area is 176 Å². The summed E-state index contributed by atoms with van der Waals surface area (Å²) in [6.07, 6.45) is 9.99. The minimum Gasteiger partial charge on any atom is -0.481 e. The first-order chi connectivity index (χ1) is 14.5. The summed E-state index contributed by atoms with van der Waals surface area (Å²) >= 11 is 0. The molecule has 3 aliphatic carbocycles. The Hall–Kier alpha value is -2.21. The number of aromatic nitrogens is 2. The summed E-state index contributed by atoms with van der Waals surface area (Å²) in [6, 6.07) is 5.93. The number of imidazole rings is 1. The first-order valence-corrected chi connectivity index (χ1v) is 11.2. The van der Waals surface area contributed by atoms with Crippen molar-refractivity contribution in [2.75, 3.05) is 6.61 Å². The lowest BCUT2D eigenvalue weighted by atomic mass is 9.65. The molecule has 6 heteroatoms. The molecule has 5 rings (SSSR count). The van der Waals surface area contributed by atoms with Crippen LogP contribution in [0, 0.1) is 17.7 Å². The molecule has 3 fully saturated rings. The van der Waals surface area contributed by atoms with Crippen molar-refractivity contribution in [1.29, 1.82) is 0 Å². The van der Waals surface area contributed by atoms with Gasteiger partial charge in [0, 0.05) is 11.9 Å². The topological polar surface area (TPSA) is 75.2 Å². The Kier molecular flexibility index (Phi) is 4.92. The number of hydrogen-bond acceptors (Lipinski definition) is 3. The molecule has 1 heterocycles. The molecule has 5 nitrogen and oxygen atoms in total. The molecule has 3 saturated carbocycles. The quantitative estimate of drug-likeness (QED) is 0.658. The number of H-pyrrole nitrogens is 1. The zero-order valence-electron chi connectivity index (χ0n) is 17.2. The van der Waals surface area contributed by atoms with Gasteiger partial charge in [0.1, 0.15) is 17.2 Å². The number of halogens is 1. The minimum absolute atomic E-state index is 0.351. The Balaban J connectivity index is 1.40. The van der Waals surface area contributed by atoms with Gasteiger partial charge in [0.15, 0.2) is 0 Å². The number of rotatable bonds is 8. The van der Waals surface area contributed by atoms with Gasteiger partial charge in [-0.2, -0.15) is 0 Å². The van der Waals surface area contributed by atoms with E-state index < -0.39 is 17.0 Å². The monoisotopic (exact) mass is 412 g/mol. The van der Waals surface area contributed by atoms with Crippen molar-refractivity contribution in [3.05, 3.63) is 53.4 Å². The highest BCUT2D eigenvalue weighted by molar-refractivity contribution is 5.81. The number of aromatic amines is 1. The number of carboxylic acids is 1. The maximum Gasteiger partial charge on any atom is 0.314 e. The molecule has 0 atom stereocenters. The minimum atomic E-state index is -1.01. The van der Waals surface area contributed by atoms with E-state index in [9.17, 15) is 14.3 Å². The molecule has 0 amide bonds. The number of nitrogens with zero attached hydrogens (tertiary/aromatic N) is 1. The average Bonchev–Trinajstić information content (AvgIpc) is 3.67. The van der Waals surface area contributed by atoms with Gasteiger partial charge >= 0.3 is 5.97 Å². The van der Waals surface area contributed by atoms with Crippen LogP contribution in [0.15, 0.2) is 30.5 Å². The fourth-order valence-electron chi connectivity index (χ4n) is 4.81. The van der Waals surface area contributed by atoms with Crippen molar-refractivity contribution in [3.63, 3.8) is 0 Å². The second kappa shape index (κ2) is 7.49. The predicted octanol–water partition coefficient (Wildman–Crippen LogP) is 4.72. The molecule has 3 aliphatic rings. The summed E-state index contributed by atoms with van der Waals surface area (Å²) in [5.41, 5.74) is 0.240. The van der Waals surface area contributed by atoms with E-state index in [0.717, 1.165) is 23.9 Å². The normalized spacial score (nSPS) is 29.1. The fourth-order valence-corrected chi connectivity index (χ4v) is 4.81. The third-order valence-corrected chi connectivity index (χ3v) is 7.28. The second-order valence-corrected chi connectivity index (χ2v) is 9.55. The Morgan fingerprint density at radius 2 is 1.77 bits per heavy atom. The molecule has 0 radical (unpaired) electrons. The molecule has 2 aromatic rings. The number of benzene rings is 1. The van der Waals surface area contributed by atoms with E-state index >= 15 is 0 Å². The molecular weight excluding hydrogens is 383 g/mol. The van der Waals surface area contributed by atoms with Crippen LogP contribution >= 0.6 is 0 Å². The number of ether oxygens (including phenoxy) is 1. The van der Waals surface area contributed by atoms with Crippen LogP contribution in [-0.2, 0) is 27.0 Å². The SMILES string of the molecule is O=C(O)C1(c2ccc(F)cc2)CCC(OCC2CC2)(c2ncc(CC3CC3)[nH]2)CC1. The molecule has 2 N–H and O–H groups in total. The van der Waals surface area contributed by atoms with E-state index in [0.29, 0.717) is 43.8 Å². The highest BCUT2D eigenvalue weighted by Crippen LogP contribution is 2.49. The van der Waals surface area contributed by atoms with Crippen LogP contribution < -0.4 is 0 Å². The highest BCUT2D eigenvalue weighted by Gasteiger charge is 2.51. The lowest BCUT2D eigenvalue weighted by Gasteiger charge is -2.43. The summed E-state index contributed by atoms with van der Waals surface area (Å²) in [5, 5.41) is 10.1. The second-order valence-electron chi connectivity index (χ2n) is 9.55. The van der Waals surface area contributed by atoms with E-state index in [-0.39, 0.29) is 5.82 Å². The van der Waals surface area contributed by atoms with Gasteiger partial charge in [-0.25, -0.2) is 9.37 Å². The van der Waals surface area contributed by atoms with Crippen LogP contribution in [0.2, 0.25) is 0 Å². The third-order valence-electron chi connectivity index (χ3n) is 7.28. The Bertz CT molecular complexity index is 907. The van der Waals surface area contributed by atoms with Crippen LogP contribution in [-0.4, -0.2) is 27.7 Å². The van der Waals surface area contributed by atoms with Gasteiger partial charge in [-0.3, -0.25) is 4.79 Å². The molecule has 0 aliphatic heterocycles. The van der Waals surface area contributed by atoms with E-state index in [4.69, 9.17) is 9.72 Å². The molecule has 0 spiro atoms. The van der Waals surface area contributed by atoms with Crippen LogP contribution in [0.1, 0.15) is 68.4 Å². The molecule has 160 valence electrons.